The van der Waals surface area contributed by atoms with E-state index in [0.717, 1.165) is 18.6 Å². The highest BCUT2D eigenvalue weighted by Crippen LogP contribution is 2.26. The molecule has 0 amide bonds. The second kappa shape index (κ2) is 4.07. The standard InChI is InChI=1S/C12H14ClN3/c13-12-15-8-11-7-10(3-6-16(11)12)9-1-4-14-5-2-9/h3,6-9,14H,1-2,4-5H2. The van der Waals surface area contributed by atoms with Gasteiger partial charge in [0.05, 0.1) is 11.7 Å². The second-order valence-corrected chi connectivity index (χ2v) is 4.64. The van der Waals surface area contributed by atoms with E-state index in [1.165, 1.54) is 18.4 Å². The van der Waals surface area contributed by atoms with Gasteiger partial charge >= 0.3 is 0 Å². The topological polar surface area (TPSA) is 29.3 Å². The van der Waals surface area contributed by atoms with Crippen molar-refractivity contribution < 1.29 is 0 Å². The third-order valence-corrected chi connectivity index (χ3v) is 3.60. The lowest BCUT2D eigenvalue weighted by molar-refractivity contribution is 0.460. The van der Waals surface area contributed by atoms with Crippen LogP contribution in [0.3, 0.4) is 0 Å². The highest BCUT2D eigenvalue weighted by molar-refractivity contribution is 6.28. The molecule has 0 unspecified atom stereocenters. The first kappa shape index (κ1) is 10.1. The van der Waals surface area contributed by atoms with Gasteiger partial charge in [0.15, 0.2) is 0 Å². The third kappa shape index (κ3) is 1.70. The van der Waals surface area contributed by atoms with Gasteiger partial charge in [0.25, 0.3) is 0 Å². The summed E-state index contributed by atoms with van der Waals surface area (Å²) in [4.78, 5) is 4.10. The number of pyridine rings is 1. The van der Waals surface area contributed by atoms with Crippen LogP contribution in [0.5, 0.6) is 0 Å². The van der Waals surface area contributed by atoms with Crippen LogP contribution in [0, 0.1) is 0 Å². The van der Waals surface area contributed by atoms with E-state index in [0.29, 0.717) is 11.2 Å². The number of nitrogens with one attached hydrogen (secondary N) is 1. The molecular weight excluding hydrogens is 222 g/mol. The summed E-state index contributed by atoms with van der Waals surface area (Å²) in [5, 5.41) is 3.92. The lowest BCUT2D eigenvalue weighted by Crippen LogP contribution is -2.26. The Labute approximate surface area is 99.4 Å². The zero-order valence-corrected chi connectivity index (χ0v) is 9.74. The minimum atomic E-state index is 0.534. The van der Waals surface area contributed by atoms with Gasteiger partial charge in [-0.25, -0.2) is 4.98 Å². The van der Waals surface area contributed by atoms with E-state index in [1.807, 2.05) is 16.8 Å². The van der Waals surface area contributed by atoms with Crippen molar-refractivity contribution in [2.75, 3.05) is 13.1 Å². The molecule has 0 atom stereocenters. The van der Waals surface area contributed by atoms with Crippen LogP contribution >= 0.6 is 11.6 Å². The van der Waals surface area contributed by atoms with Crippen LogP contribution in [0.1, 0.15) is 24.3 Å². The molecule has 0 radical (unpaired) electrons. The SMILES string of the molecule is Clc1ncc2cc(C3CCNCC3)ccn12. The summed E-state index contributed by atoms with van der Waals surface area (Å²) in [7, 11) is 0. The molecule has 0 bridgehead atoms. The van der Waals surface area contributed by atoms with Gasteiger partial charge in [-0.05, 0) is 61.1 Å². The largest absolute Gasteiger partial charge is 0.317 e. The van der Waals surface area contributed by atoms with Crippen molar-refractivity contribution in [2.24, 2.45) is 0 Å². The predicted octanol–water partition coefficient (Wildman–Crippen LogP) is 2.45. The molecule has 0 aliphatic carbocycles. The van der Waals surface area contributed by atoms with Gasteiger partial charge in [-0.3, -0.25) is 4.40 Å². The summed E-state index contributed by atoms with van der Waals surface area (Å²) < 4.78 is 1.91. The lowest BCUT2D eigenvalue weighted by atomic mass is 9.91. The van der Waals surface area contributed by atoms with E-state index in [2.05, 4.69) is 22.4 Å². The fraction of sp³-hybridized carbons (Fsp3) is 0.417. The molecule has 0 spiro atoms. The normalized spacial score (nSPS) is 18.1. The molecule has 2 aromatic heterocycles. The van der Waals surface area contributed by atoms with E-state index in [1.54, 1.807) is 0 Å². The lowest BCUT2D eigenvalue weighted by Gasteiger charge is -2.23. The number of hydrogen-bond donors (Lipinski definition) is 1. The molecule has 16 heavy (non-hydrogen) atoms. The van der Waals surface area contributed by atoms with E-state index in [4.69, 9.17) is 11.6 Å². The van der Waals surface area contributed by atoms with Gasteiger partial charge in [0.1, 0.15) is 0 Å². The van der Waals surface area contributed by atoms with E-state index < -0.39 is 0 Å². The maximum atomic E-state index is 5.95. The second-order valence-electron chi connectivity index (χ2n) is 4.31. The molecule has 1 aliphatic heterocycles. The number of hydrogen-bond acceptors (Lipinski definition) is 2. The number of aromatic nitrogens is 2. The van der Waals surface area contributed by atoms with Crippen molar-refractivity contribution >= 4 is 17.1 Å². The predicted molar refractivity (Wildman–Crippen MR) is 65.0 cm³/mol. The number of nitrogens with zero attached hydrogens (tertiary/aromatic N) is 2. The summed E-state index contributed by atoms with van der Waals surface area (Å²) in [6.07, 6.45) is 6.28. The molecular formula is C12H14ClN3. The van der Waals surface area contributed by atoms with Gasteiger partial charge in [-0.2, -0.15) is 0 Å². The summed E-state index contributed by atoms with van der Waals surface area (Å²) in [5.74, 6) is 0.680. The minimum absolute atomic E-state index is 0.534. The van der Waals surface area contributed by atoms with Crippen molar-refractivity contribution in [3.63, 3.8) is 0 Å². The Morgan fingerprint density at radius 2 is 2.19 bits per heavy atom. The van der Waals surface area contributed by atoms with Crippen molar-refractivity contribution in [2.45, 2.75) is 18.8 Å². The van der Waals surface area contributed by atoms with E-state index >= 15 is 0 Å². The first-order valence-corrected chi connectivity index (χ1v) is 6.05. The van der Waals surface area contributed by atoms with Crippen LogP contribution < -0.4 is 5.32 Å². The van der Waals surface area contributed by atoms with Crippen LogP contribution in [-0.2, 0) is 0 Å². The molecule has 1 saturated heterocycles. The molecule has 0 aromatic carbocycles. The van der Waals surface area contributed by atoms with Crippen LogP contribution in [0.25, 0.3) is 5.52 Å². The smallest absolute Gasteiger partial charge is 0.207 e. The maximum absolute atomic E-state index is 5.95. The molecule has 3 heterocycles. The molecule has 3 nitrogen and oxygen atoms in total. The zero-order valence-electron chi connectivity index (χ0n) is 8.99. The van der Waals surface area contributed by atoms with E-state index in [-0.39, 0.29) is 0 Å². The Morgan fingerprint density at radius 1 is 1.38 bits per heavy atom. The summed E-state index contributed by atoms with van der Waals surface area (Å²) >= 11 is 5.95. The molecule has 84 valence electrons. The Hall–Kier alpha value is -1.06. The molecule has 1 aliphatic rings. The monoisotopic (exact) mass is 235 g/mol. The average Bonchev–Trinajstić information content (AvgIpc) is 2.72. The van der Waals surface area contributed by atoms with Gasteiger partial charge < -0.3 is 5.32 Å². The maximum Gasteiger partial charge on any atom is 0.207 e. The van der Waals surface area contributed by atoms with E-state index in [9.17, 15) is 0 Å². The molecule has 1 N–H and O–H groups in total. The number of fused-ring (bicyclic) bond motifs is 1. The summed E-state index contributed by atoms with van der Waals surface area (Å²) in [6, 6.07) is 4.37. The molecule has 0 saturated carbocycles. The Balaban J connectivity index is 1.97. The highest BCUT2D eigenvalue weighted by atomic mass is 35.5. The van der Waals surface area contributed by atoms with Gasteiger partial charge in [0.2, 0.25) is 5.28 Å². The van der Waals surface area contributed by atoms with Crippen LogP contribution in [0.4, 0.5) is 0 Å². The van der Waals surface area contributed by atoms with Crippen molar-refractivity contribution in [3.05, 3.63) is 35.4 Å². The summed E-state index contributed by atoms with van der Waals surface area (Å²) in [5.41, 5.74) is 2.49. The fourth-order valence-electron chi connectivity index (χ4n) is 2.39. The Bertz CT molecular complexity index is 500. The number of rotatable bonds is 1. The third-order valence-electron chi connectivity index (χ3n) is 3.32. The van der Waals surface area contributed by atoms with Crippen molar-refractivity contribution in [1.82, 2.24) is 14.7 Å². The Kier molecular flexibility index (Phi) is 2.58. The minimum Gasteiger partial charge on any atom is -0.317 e. The van der Waals surface area contributed by atoms with Crippen LogP contribution in [0.15, 0.2) is 24.5 Å². The quantitative estimate of drug-likeness (QED) is 0.823. The molecule has 4 heteroatoms. The van der Waals surface area contributed by atoms with Crippen LogP contribution in [0.2, 0.25) is 5.28 Å². The van der Waals surface area contributed by atoms with Gasteiger partial charge in [-0.1, -0.05) is 0 Å². The van der Waals surface area contributed by atoms with Gasteiger partial charge in [-0.15, -0.1) is 0 Å². The van der Waals surface area contributed by atoms with Crippen LogP contribution in [-0.4, -0.2) is 22.5 Å². The number of halogens is 1. The Morgan fingerprint density at radius 3 is 3.00 bits per heavy atom. The molecule has 2 aromatic rings. The number of imidazole rings is 1. The first-order chi connectivity index (χ1) is 7.84. The van der Waals surface area contributed by atoms with Crippen molar-refractivity contribution in [3.8, 4) is 0 Å². The fourth-order valence-corrected chi connectivity index (χ4v) is 2.60. The average molecular weight is 236 g/mol. The molecule has 3 rings (SSSR count). The first-order valence-electron chi connectivity index (χ1n) is 5.68. The zero-order chi connectivity index (χ0) is 11.0. The molecule has 1 fully saturated rings. The highest BCUT2D eigenvalue weighted by Gasteiger charge is 2.15. The van der Waals surface area contributed by atoms with Crippen molar-refractivity contribution in [1.29, 1.82) is 0 Å². The number of piperidine rings is 1. The van der Waals surface area contributed by atoms with Gasteiger partial charge in [0, 0.05) is 6.20 Å². The summed E-state index contributed by atoms with van der Waals surface area (Å²) in [6.45, 7) is 2.24.